The van der Waals surface area contributed by atoms with E-state index in [9.17, 15) is 9.90 Å². The van der Waals surface area contributed by atoms with Crippen LogP contribution < -0.4 is 14.9 Å². The molecule has 1 aromatic carbocycles. The van der Waals surface area contributed by atoms with Crippen LogP contribution in [0.5, 0.6) is 5.75 Å². The summed E-state index contributed by atoms with van der Waals surface area (Å²) < 4.78 is 40.4. The molecule has 1 saturated heterocycles. The molecule has 3 heterocycles. The zero-order valence-electron chi connectivity index (χ0n) is 22.2. The minimum Gasteiger partial charge on any atom is -0.465 e. The number of hydrogen-bond donors (Lipinski definition) is 3. The molecule has 0 spiro atoms. The normalized spacial score (nSPS) is 25.3. The van der Waals surface area contributed by atoms with Gasteiger partial charge in [0.2, 0.25) is 0 Å². The number of nitrogens with one attached hydrogen (secondary N) is 2. The molecule has 0 saturated carbocycles. The number of halogens is 1. The lowest BCUT2D eigenvalue weighted by molar-refractivity contribution is -0.144. The lowest BCUT2D eigenvalue weighted by Crippen LogP contribution is -2.41. The Morgan fingerprint density at radius 3 is 2.74 bits per heavy atom. The highest BCUT2D eigenvalue weighted by atomic mass is 32.5. The Hall–Kier alpha value is -2.74. The highest BCUT2D eigenvalue weighted by molar-refractivity contribution is 8.09. The summed E-state index contributed by atoms with van der Waals surface area (Å²) in [5.41, 5.74) is -1.47. The van der Waals surface area contributed by atoms with E-state index in [1.165, 1.54) is 17.8 Å². The smallest absolute Gasteiger partial charge is 0.323 e. The van der Waals surface area contributed by atoms with Crippen LogP contribution in [0.3, 0.4) is 0 Å². The molecule has 1 aliphatic heterocycles. The Balaban J connectivity index is 1.57. The van der Waals surface area contributed by atoms with Gasteiger partial charge < -0.3 is 28.9 Å². The molecule has 15 heteroatoms. The van der Waals surface area contributed by atoms with Crippen molar-refractivity contribution < 1.29 is 32.8 Å². The van der Waals surface area contributed by atoms with Crippen molar-refractivity contribution in [3.05, 3.63) is 42.5 Å². The first kappa shape index (κ1) is 29.2. The molecule has 39 heavy (non-hydrogen) atoms. The summed E-state index contributed by atoms with van der Waals surface area (Å²) in [7, 11) is 1.70. The molecule has 2 aromatic heterocycles. The second-order valence-corrected chi connectivity index (χ2v) is 12.3. The second-order valence-electron chi connectivity index (χ2n) is 9.12. The Labute approximate surface area is 230 Å². The molecule has 6 atom stereocenters. The van der Waals surface area contributed by atoms with Crippen LogP contribution in [0.1, 0.15) is 32.8 Å². The number of carbonyl (C=O) groups excluding carboxylic acids is 1. The number of esters is 1. The van der Waals surface area contributed by atoms with Crippen molar-refractivity contribution in [3.63, 3.8) is 0 Å². The van der Waals surface area contributed by atoms with Gasteiger partial charge in [0.05, 0.1) is 19.5 Å². The van der Waals surface area contributed by atoms with Crippen molar-refractivity contribution in [2.75, 3.05) is 25.6 Å². The molecule has 1 fully saturated rings. The Morgan fingerprint density at radius 1 is 1.36 bits per heavy atom. The minimum atomic E-state index is -3.41. The van der Waals surface area contributed by atoms with Crippen LogP contribution in [-0.4, -0.2) is 74.8 Å². The molecule has 4 rings (SSSR count). The maximum atomic E-state index is 16.0. The molecule has 1 aliphatic rings. The number of benzene rings is 1. The molecule has 0 radical (unpaired) electrons. The van der Waals surface area contributed by atoms with Crippen molar-refractivity contribution in [1.29, 1.82) is 0 Å². The summed E-state index contributed by atoms with van der Waals surface area (Å²) in [4.78, 5) is 25.3. The number of nitrogens with zero attached hydrogens (tertiary/aromatic N) is 4. The van der Waals surface area contributed by atoms with E-state index in [1.807, 2.05) is 6.07 Å². The van der Waals surface area contributed by atoms with Crippen LogP contribution in [0.25, 0.3) is 11.2 Å². The van der Waals surface area contributed by atoms with Gasteiger partial charge in [0.1, 0.15) is 29.8 Å². The van der Waals surface area contributed by atoms with Crippen molar-refractivity contribution in [1.82, 2.24) is 24.6 Å². The maximum Gasteiger partial charge on any atom is 0.323 e. The molecule has 0 aliphatic carbocycles. The fraction of sp³-hybridized carbons (Fsp3) is 0.500. The van der Waals surface area contributed by atoms with E-state index in [0.717, 1.165) is 0 Å². The van der Waals surface area contributed by atoms with E-state index in [0.29, 0.717) is 28.6 Å². The third-order valence-corrected chi connectivity index (χ3v) is 8.61. The Bertz CT molecular complexity index is 1360. The van der Waals surface area contributed by atoms with Crippen LogP contribution in [0.2, 0.25) is 0 Å². The number of alkyl halides is 1. The van der Waals surface area contributed by atoms with E-state index in [4.69, 9.17) is 30.3 Å². The van der Waals surface area contributed by atoms with Crippen LogP contribution in [0.15, 0.2) is 36.7 Å². The summed E-state index contributed by atoms with van der Waals surface area (Å²) in [6.45, 7) is 2.65. The van der Waals surface area contributed by atoms with Crippen LogP contribution in [0.4, 0.5) is 10.2 Å². The summed E-state index contributed by atoms with van der Waals surface area (Å²) in [6.07, 6.45) is -2.60. The number of imidazole rings is 1. The van der Waals surface area contributed by atoms with Gasteiger partial charge in [-0.05, 0) is 51.6 Å². The number of anilines is 1. The van der Waals surface area contributed by atoms with E-state index < -0.39 is 42.8 Å². The molecule has 0 bridgehead atoms. The largest absolute Gasteiger partial charge is 0.465 e. The van der Waals surface area contributed by atoms with Crippen LogP contribution in [-0.2, 0) is 30.6 Å². The van der Waals surface area contributed by atoms with Crippen LogP contribution in [0, 0.1) is 6.92 Å². The summed E-state index contributed by atoms with van der Waals surface area (Å²) in [5.74, 6) is 0.806. The average molecular weight is 583 g/mol. The number of aliphatic hydroxyl groups is 1. The first-order valence-electron chi connectivity index (χ1n) is 12.3. The predicted octanol–water partition coefficient (Wildman–Crippen LogP) is 3.02. The topological polar surface area (TPSA) is 142 Å². The average Bonchev–Trinajstić information content (AvgIpc) is 3.40. The highest BCUT2D eigenvalue weighted by Gasteiger charge is 2.55. The number of para-hydroxylation sites is 1. The van der Waals surface area contributed by atoms with E-state index in [-0.39, 0.29) is 13.2 Å². The van der Waals surface area contributed by atoms with E-state index >= 15 is 4.39 Å². The highest BCUT2D eigenvalue weighted by Crippen LogP contribution is 2.48. The number of aryl methyl sites for hydroxylation is 1. The summed E-state index contributed by atoms with van der Waals surface area (Å²) in [6, 6.07) is 7.84. The predicted molar refractivity (Wildman–Crippen MR) is 146 cm³/mol. The van der Waals surface area contributed by atoms with Gasteiger partial charge >= 0.3 is 12.6 Å². The number of ether oxygens (including phenoxy) is 2. The molecule has 3 N–H and O–H groups in total. The van der Waals surface area contributed by atoms with Gasteiger partial charge in [0.15, 0.2) is 28.9 Å². The molecule has 0 amide bonds. The van der Waals surface area contributed by atoms with Gasteiger partial charge in [-0.15, -0.1) is 0 Å². The van der Waals surface area contributed by atoms with Crippen molar-refractivity contribution in [3.8, 4) is 5.75 Å². The minimum absolute atomic E-state index is 0.190. The second kappa shape index (κ2) is 11.8. The first-order chi connectivity index (χ1) is 18.5. The van der Waals surface area contributed by atoms with E-state index in [2.05, 4.69) is 25.4 Å². The zero-order valence-corrected chi connectivity index (χ0v) is 23.9. The fourth-order valence-electron chi connectivity index (χ4n) is 4.16. The Kier molecular flexibility index (Phi) is 8.84. The molecule has 12 nitrogen and oxygen atoms in total. The first-order valence-corrected chi connectivity index (χ1v) is 15.0. The van der Waals surface area contributed by atoms with Crippen molar-refractivity contribution in [2.45, 2.75) is 57.8 Å². The quantitative estimate of drug-likeness (QED) is 0.226. The summed E-state index contributed by atoms with van der Waals surface area (Å²) >= 11 is 5.69. The van der Waals surface area contributed by atoms with Crippen LogP contribution >= 0.6 is 6.64 Å². The Morgan fingerprint density at radius 2 is 2.08 bits per heavy atom. The molecule has 1 unspecified atom stereocenters. The van der Waals surface area contributed by atoms with Gasteiger partial charge in [-0.25, -0.2) is 24.4 Å². The molecular weight excluding hydrogens is 550 g/mol. The number of fused-ring (bicyclic) bond motifs is 1. The lowest BCUT2D eigenvalue weighted by Gasteiger charge is -2.28. The van der Waals surface area contributed by atoms with E-state index in [1.54, 1.807) is 52.1 Å². The fourth-order valence-corrected chi connectivity index (χ4v) is 6.58. The van der Waals surface area contributed by atoms with Crippen molar-refractivity contribution >= 4 is 41.4 Å². The number of hydrogen-bond acceptors (Lipinski definition) is 11. The molecule has 212 valence electrons. The number of aromatic nitrogens is 4. The maximum absolute atomic E-state index is 16.0. The van der Waals surface area contributed by atoms with Gasteiger partial charge in [-0.1, -0.05) is 18.2 Å². The van der Waals surface area contributed by atoms with Crippen molar-refractivity contribution in [2.24, 2.45) is 0 Å². The lowest BCUT2D eigenvalue weighted by atomic mass is 9.98. The third-order valence-electron chi connectivity index (χ3n) is 6.11. The van der Waals surface area contributed by atoms with Gasteiger partial charge in [0.25, 0.3) is 0 Å². The number of aliphatic hydroxyl groups excluding tert-OH is 1. The standard InChI is InChI=1S/C24H32FN6O6PS/c1-6-34-22(33)14(2)30-38(39,37-16-10-8-7-9-11-16)35-12-17-19(32)24(4,25)23(36-17)31-13-27-18-20(26-5)28-15(3)29-21(18)31/h7-11,13-14,17,19,23,32H,6,12H2,1-5H3,(H,30,39)(H,26,28,29)/t14-,17-,19-,23-,24-,38?/m1/s1. The monoisotopic (exact) mass is 582 g/mol. The zero-order chi connectivity index (χ0) is 28.4. The molecule has 3 aromatic rings. The molecular formula is C24H32FN6O6PS. The van der Waals surface area contributed by atoms with Gasteiger partial charge in [0, 0.05) is 7.05 Å². The van der Waals surface area contributed by atoms with Gasteiger partial charge in [-0.3, -0.25) is 9.36 Å². The third kappa shape index (κ3) is 6.21. The van der Waals surface area contributed by atoms with Gasteiger partial charge in [-0.2, -0.15) is 0 Å². The SMILES string of the molecule is CCOC(=O)[C@@H](C)NP(=S)(OC[C@H]1O[C@@H](n2cnc3c(NC)nc(C)nc32)[C@](C)(F)[C@@H]1O)Oc1ccccc1. The number of carbonyl (C=O) groups is 1. The summed E-state index contributed by atoms with van der Waals surface area (Å²) in [5, 5.41) is 16.8. The number of rotatable bonds is 11.